The second-order valence-corrected chi connectivity index (χ2v) is 4.80. The summed E-state index contributed by atoms with van der Waals surface area (Å²) in [5.41, 5.74) is 0.754. The predicted octanol–water partition coefficient (Wildman–Crippen LogP) is 1.63. The molecule has 0 unspecified atom stereocenters. The summed E-state index contributed by atoms with van der Waals surface area (Å²) in [5, 5.41) is 12.2. The first kappa shape index (κ1) is 13.8. The molecule has 0 radical (unpaired) electrons. The van der Waals surface area contributed by atoms with Crippen LogP contribution in [0.3, 0.4) is 0 Å². The van der Waals surface area contributed by atoms with E-state index in [9.17, 15) is 9.18 Å². The van der Waals surface area contributed by atoms with Crippen LogP contribution >= 0.6 is 0 Å². The van der Waals surface area contributed by atoms with E-state index >= 15 is 0 Å². The molecule has 4 nitrogen and oxygen atoms in total. The third kappa shape index (κ3) is 3.92. The number of carbonyl (C=O) groups is 1. The van der Waals surface area contributed by atoms with Crippen LogP contribution in [0.25, 0.3) is 0 Å². The maximum Gasteiger partial charge on any atom is 0.223 e. The van der Waals surface area contributed by atoms with Crippen molar-refractivity contribution in [1.29, 1.82) is 0 Å². The highest BCUT2D eigenvalue weighted by atomic mass is 19.1. The maximum atomic E-state index is 13.1. The van der Waals surface area contributed by atoms with E-state index in [-0.39, 0.29) is 11.7 Å². The fourth-order valence-electron chi connectivity index (χ4n) is 2.21. The van der Waals surface area contributed by atoms with Crippen LogP contribution in [-0.4, -0.2) is 35.5 Å². The highest BCUT2D eigenvalue weighted by molar-refractivity contribution is 5.76. The van der Waals surface area contributed by atoms with E-state index in [4.69, 9.17) is 5.11 Å². The lowest BCUT2D eigenvalue weighted by Crippen LogP contribution is -2.30. The third-order valence-electron chi connectivity index (χ3n) is 3.32. The van der Waals surface area contributed by atoms with Gasteiger partial charge in [-0.15, -0.1) is 0 Å². The second kappa shape index (κ2) is 6.52. The average Bonchev–Trinajstić information content (AvgIpc) is 2.92. The van der Waals surface area contributed by atoms with Crippen molar-refractivity contribution in [1.82, 2.24) is 10.2 Å². The monoisotopic (exact) mass is 266 g/mol. The Morgan fingerprint density at radius 1 is 1.37 bits per heavy atom. The lowest BCUT2D eigenvalue weighted by atomic mass is 10.2. The van der Waals surface area contributed by atoms with Crippen molar-refractivity contribution < 1.29 is 14.3 Å². The van der Waals surface area contributed by atoms with Gasteiger partial charge in [-0.3, -0.25) is 4.79 Å². The number of benzene rings is 1. The number of nitrogens with one attached hydrogen (secondary N) is 1. The molecular weight excluding hydrogens is 247 g/mol. The van der Waals surface area contributed by atoms with Crippen LogP contribution in [0.15, 0.2) is 18.2 Å². The van der Waals surface area contributed by atoms with Gasteiger partial charge in [0.25, 0.3) is 0 Å². The van der Waals surface area contributed by atoms with Gasteiger partial charge < -0.3 is 15.3 Å². The number of phenols is 1. The smallest absolute Gasteiger partial charge is 0.223 e. The van der Waals surface area contributed by atoms with Crippen LogP contribution in [0.4, 0.5) is 4.39 Å². The first-order valence-electron chi connectivity index (χ1n) is 6.63. The fourth-order valence-corrected chi connectivity index (χ4v) is 2.21. The van der Waals surface area contributed by atoms with Crippen LogP contribution in [0.5, 0.6) is 5.75 Å². The van der Waals surface area contributed by atoms with Gasteiger partial charge in [0, 0.05) is 32.6 Å². The zero-order valence-electron chi connectivity index (χ0n) is 10.9. The summed E-state index contributed by atoms with van der Waals surface area (Å²) in [6, 6.07) is 4.29. The largest absolute Gasteiger partial charge is 0.505 e. The Balaban J connectivity index is 1.68. The zero-order chi connectivity index (χ0) is 13.7. The number of nitrogens with zero attached hydrogens (tertiary/aromatic N) is 1. The van der Waals surface area contributed by atoms with Crippen molar-refractivity contribution >= 4 is 5.91 Å². The maximum absolute atomic E-state index is 13.1. The Labute approximate surface area is 112 Å². The number of likely N-dealkylation sites (tertiary alicyclic amines) is 1. The van der Waals surface area contributed by atoms with Gasteiger partial charge >= 0.3 is 0 Å². The van der Waals surface area contributed by atoms with Gasteiger partial charge in [-0.05, 0) is 30.5 Å². The number of amides is 1. The van der Waals surface area contributed by atoms with Crippen LogP contribution in [0, 0.1) is 5.82 Å². The number of halogens is 1. The third-order valence-corrected chi connectivity index (χ3v) is 3.32. The minimum absolute atomic E-state index is 0.182. The number of aromatic hydroxyl groups is 1. The molecule has 5 heteroatoms. The Morgan fingerprint density at radius 3 is 2.79 bits per heavy atom. The molecular formula is C14H19FN2O2. The topological polar surface area (TPSA) is 52.6 Å². The molecule has 1 aromatic rings. The molecule has 1 saturated heterocycles. The van der Waals surface area contributed by atoms with Crippen molar-refractivity contribution in [3.05, 3.63) is 29.6 Å². The van der Waals surface area contributed by atoms with Crippen LogP contribution in [-0.2, 0) is 11.3 Å². The minimum Gasteiger partial charge on any atom is -0.505 e. The zero-order valence-corrected chi connectivity index (χ0v) is 10.9. The Bertz CT molecular complexity index is 445. The Morgan fingerprint density at radius 2 is 2.11 bits per heavy atom. The summed E-state index contributed by atoms with van der Waals surface area (Å²) in [5.74, 6) is -0.776. The molecule has 1 heterocycles. The number of hydrogen-bond donors (Lipinski definition) is 2. The molecule has 1 aliphatic heterocycles. The summed E-state index contributed by atoms with van der Waals surface area (Å²) in [4.78, 5) is 13.6. The summed E-state index contributed by atoms with van der Waals surface area (Å²) in [6.45, 7) is 2.83. The molecule has 1 aromatic carbocycles. The van der Waals surface area contributed by atoms with Gasteiger partial charge in [0.2, 0.25) is 5.91 Å². The van der Waals surface area contributed by atoms with Crippen LogP contribution < -0.4 is 5.32 Å². The molecule has 2 rings (SSSR count). The molecule has 0 atom stereocenters. The quantitative estimate of drug-likeness (QED) is 0.797. The highest BCUT2D eigenvalue weighted by Gasteiger charge is 2.16. The van der Waals surface area contributed by atoms with Crippen molar-refractivity contribution in [3.8, 4) is 5.75 Å². The number of rotatable bonds is 5. The van der Waals surface area contributed by atoms with Gasteiger partial charge in [-0.1, -0.05) is 6.07 Å². The lowest BCUT2D eigenvalue weighted by molar-refractivity contribution is -0.130. The molecule has 1 aliphatic rings. The first-order chi connectivity index (χ1) is 9.16. The molecule has 1 fully saturated rings. The molecule has 0 bridgehead atoms. The first-order valence-corrected chi connectivity index (χ1v) is 6.63. The van der Waals surface area contributed by atoms with E-state index in [2.05, 4.69) is 5.32 Å². The summed E-state index contributed by atoms with van der Waals surface area (Å²) in [7, 11) is 0. The molecule has 0 spiro atoms. The second-order valence-electron chi connectivity index (χ2n) is 4.80. The molecule has 104 valence electrons. The van der Waals surface area contributed by atoms with Crippen molar-refractivity contribution in [3.63, 3.8) is 0 Å². The van der Waals surface area contributed by atoms with Crippen molar-refractivity contribution in [2.24, 2.45) is 0 Å². The van der Waals surface area contributed by atoms with Crippen molar-refractivity contribution in [2.45, 2.75) is 25.8 Å². The van der Waals surface area contributed by atoms with Crippen LogP contribution in [0.2, 0.25) is 0 Å². The lowest BCUT2D eigenvalue weighted by Gasteiger charge is -2.15. The summed E-state index contributed by atoms with van der Waals surface area (Å²) in [6.07, 6.45) is 2.68. The average molecular weight is 266 g/mol. The summed E-state index contributed by atoms with van der Waals surface area (Å²) < 4.78 is 13.1. The summed E-state index contributed by atoms with van der Waals surface area (Å²) >= 11 is 0. The number of carbonyl (C=O) groups excluding carboxylic acids is 1. The molecule has 2 N–H and O–H groups in total. The molecule has 19 heavy (non-hydrogen) atoms. The van der Waals surface area contributed by atoms with Gasteiger partial charge in [0.1, 0.15) is 0 Å². The highest BCUT2D eigenvalue weighted by Crippen LogP contribution is 2.15. The van der Waals surface area contributed by atoms with E-state index in [0.717, 1.165) is 31.5 Å². The van der Waals surface area contributed by atoms with E-state index in [0.29, 0.717) is 19.5 Å². The fraction of sp³-hybridized carbons (Fsp3) is 0.500. The normalized spacial score (nSPS) is 14.9. The van der Waals surface area contributed by atoms with E-state index in [1.165, 1.54) is 12.1 Å². The van der Waals surface area contributed by atoms with E-state index in [1.807, 2.05) is 4.90 Å². The molecule has 0 aliphatic carbocycles. The number of phenolic OH excluding ortho intramolecular Hbond substituents is 1. The molecule has 0 aromatic heterocycles. The Hall–Kier alpha value is -1.62. The van der Waals surface area contributed by atoms with E-state index in [1.54, 1.807) is 6.07 Å². The van der Waals surface area contributed by atoms with Gasteiger partial charge in [0.15, 0.2) is 11.6 Å². The van der Waals surface area contributed by atoms with Gasteiger partial charge in [0.05, 0.1) is 0 Å². The van der Waals surface area contributed by atoms with Crippen LogP contribution in [0.1, 0.15) is 24.8 Å². The van der Waals surface area contributed by atoms with E-state index < -0.39 is 5.82 Å². The SMILES string of the molecule is O=C(CCNCc1ccc(O)c(F)c1)N1CCCC1. The number of hydrogen-bond acceptors (Lipinski definition) is 3. The van der Waals surface area contributed by atoms with Gasteiger partial charge in [-0.2, -0.15) is 0 Å². The standard InChI is InChI=1S/C14H19FN2O2/c15-12-9-11(3-4-13(12)18)10-16-6-5-14(19)17-7-1-2-8-17/h3-4,9,16,18H,1-2,5-8,10H2. The van der Waals surface area contributed by atoms with Crippen molar-refractivity contribution in [2.75, 3.05) is 19.6 Å². The molecule has 0 saturated carbocycles. The molecule has 1 amide bonds. The predicted molar refractivity (Wildman–Crippen MR) is 70.2 cm³/mol. The Kier molecular flexibility index (Phi) is 4.74. The minimum atomic E-state index is -0.618. The van der Waals surface area contributed by atoms with Gasteiger partial charge in [-0.25, -0.2) is 4.39 Å².